The number of aliphatic hydroxyl groups excluding tert-OH is 1. The van der Waals surface area contributed by atoms with Crippen LogP contribution in [0, 0.1) is 5.82 Å². The SMILES string of the molecule is CC(CC(O)c1cccc(Br)c1F)c1ccccc1. The molecule has 0 amide bonds. The summed E-state index contributed by atoms with van der Waals surface area (Å²) in [5.74, 6) is -0.204. The fourth-order valence-corrected chi connectivity index (χ4v) is 2.54. The van der Waals surface area contributed by atoms with Crippen molar-refractivity contribution in [1.29, 1.82) is 0 Å². The van der Waals surface area contributed by atoms with E-state index in [9.17, 15) is 9.50 Å². The van der Waals surface area contributed by atoms with Crippen LogP contribution in [0.25, 0.3) is 0 Å². The number of aliphatic hydroxyl groups is 1. The molecule has 0 aliphatic carbocycles. The lowest BCUT2D eigenvalue weighted by Gasteiger charge is -2.18. The highest BCUT2D eigenvalue weighted by molar-refractivity contribution is 9.10. The number of halogens is 2. The van der Waals surface area contributed by atoms with Crippen LogP contribution < -0.4 is 0 Å². The molecule has 0 saturated heterocycles. The average Bonchev–Trinajstić information content (AvgIpc) is 2.42. The molecule has 0 heterocycles. The summed E-state index contributed by atoms with van der Waals surface area (Å²) in [6.45, 7) is 2.04. The van der Waals surface area contributed by atoms with Crippen LogP contribution in [0.3, 0.4) is 0 Å². The minimum atomic E-state index is -0.798. The van der Waals surface area contributed by atoms with Gasteiger partial charge in [-0.2, -0.15) is 0 Å². The molecule has 0 radical (unpaired) electrons. The van der Waals surface area contributed by atoms with Crippen molar-refractivity contribution in [2.45, 2.75) is 25.4 Å². The van der Waals surface area contributed by atoms with E-state index in [0.717, 1.165) is 5.56 Å². The highest BCUT2D eigenvalue weighted by atomic mass is 79.9. The first-order valence-electron chi connectivity index (χ1n) is 6.26. The topological polar surface area (TPSA) is 20.2 Å². The van der Waals surface area contributed by atoms with Crippen LogP contribution in [-0.2, 0) is 0 Å². The molecule has 0 fully saturated rings. The molecule has 2 rings (SSSR count). The van der Waals surface area contributed by atoms with Crippen LogP contribution in [0.5, 0.6) is 0 Å². The van der Waals surface area contributed by atoms with Crippen molar-refractivity contribution in [2.75, 3.05) is 0 Å². The molecule has 0 spiro atoms. The van der Waals surface area contributed by atoms with Gasteiger partial charge in [0.2, 0.25) is 0 Å². The molecular formula is C16H16BrFO. The summed E-state index contributed by atoms with van der Waals surface area (Å²) < 4.78 is 14.3. The third kappa shape index (κ3) is 3.43. The van der Waals surface area contributed by atoms with Gasteiger partial charge in [0, 0.05) is 5.56 Å². The van der Waals surface area contributed by atoms with Gasteiger partial charge in [-0.1, -0.05) is 49.4 Å². The van der Waals surface area contributed by atoms with Gasteiger partial charge in [0.25, 0.3) is 0 Å². The van der Waals surface area contributed by atoms with E-state index in [0.29, 0.717) is 16.5 Å². The van der Waals surface area contributed by atoms with Gasteiger partial charge in [0.15, 0.2) is 0 Å². The Morgan fingerprint density at radius 1 is 1.11 bits per heavy atom. The van der Waals surface area contributed by atoms with Crippen molar-refractivity contribution in [3.05, 3.63) is 69.9 Å². The van der Waals surface area contributed by atoms with Crippen LogP contribution in [0.2, 0.25) is 0 Å². The van der Waals surface area contributed by atoms with Crippen molar-refractivity contribution >= 4 is 15.9 Å². The van der Waals surface area contributed by atoms with Crippen molar-refractivity contribution in [3.63, 3.8) is 0 Å². The minimum absolute atomic E-state index is 0.176. The van der Waals surface area contributed by atoms with Crippen LogP contribution in [0.1, 0.15) is 36.5 Å². The van der Waals surface area contributed by atoms with Crippen LogP contribution in [-0.4, -0.2) is 5.11 Å². The van der Waals surface area contributed by atoms with E-state index in [1.54, 1.807) is 18.2 Å². The van der Waals surface area contributed by atoms with Crippen LogP contribution >= 0.6 is 15.9 Å². The fourth-order valence-electron chi connectivity index (χ4n) is 2.16. The molecule has 0 bridgehead atoms. The zero-order chi connectivity index (χ0) is 13.8. The average molecular weight is 323 g/mol. The molecule has 19 heavy (non-hydrogen) atoms. The van der Waals surface area contributed by atoms with Gasteiger partial charge in [0.1, 0.15) is 5.82 Å². The zero-order valence-corrected chi connectivity index (χ0v) is 12.3. The summed E-state index contributed by atoms with van der Waals surface area (Å²) >= 11 is 3.14. The number of hydrogen-bond donors (Lipinski definition) is 1. The second kappa shape index (κ2) is 6.31. The van der Waals surface area contributed by atoms with Crippen LogP contribution in [0.15, 0.2) is 53.0 Å². The maximum Gasteiger partial charge on any atom is 0.143 e. The minimum Gasteiger partial charge on any atom is -0.388 e. The highest BCUT2D eigenvalue weighted by Gasteiger charge is 2.18. The number of rotatable bonds is 4. The molecule has 0 saturated carbocycles. The fraction of sp³-hybridized carbons (Fsp3) is 0.250. The molecule has 2 unspecified atom stereocenters. The Morgan fingerprint density at radius 2 is 1.79 bits per heavy atom. The molecule has 3 heteroatoms. The van der Waals surface area contributed by atoms with Gasteiger partial charge in [0.05, 0.1) is 10.6 Å². The molecule has 1 N–H and O–H groups in total. The Labute approximate surface area is 121 Å². The van der Waals surface area contributed by atoms with Gasteiger partial charge in [-0.05, 0) is 39.9 Å². The van der Waals surface area contributed by atoms with Crippen molar-refractivity contribution in [1.82, 2.24) is 0 Å². The van der Waals surface area contributed by atoms with E-state index in [1.807, 2.05) is 37.3 Å². The Hall–Kier alpha value is -1.19. The molecule has 0 aliphatic rings. The summed E-state index contributed by atoms with van der Waals surface area (Å²) in [5.41, 5.74) is 1.49. The molecule has 2 aromatic carbocycles. The van der Waals surface area contributed by atoms with Crippen molar-refractivity contribution in [2.24, 2.45) is 0 Å². The Morgan fingerprint density at radius 3 is 2.47 bits per heavy atom. The van der Waals surface area contributed by atoms with Gasteiger partial charge in [-0.25, -0.2) is 4.39 Å². The highest BCUT2D eigenvalue weighted by Crippen LogP contribution is 2.31. The van der Waals surface area contributed by atoms with E-state index in [2.05, 4.69) is 15.9 Å². The van der Waals surface area contributed by atoms with Gasteiger partial charge in [-0.3, -0.25) is 0 Å². The van der Waals surface area contributed by atoms with E-state index in [-0.39, 0.29) is 11.7 Å². The summed E-state index contributed by atoms with van der Waals surface area (Å²) in [6, 6.07) is 14.9. The standard InChI is InChI=1S/C16H16BrFO/c1-11(12-6-3-2-4-7-12)10-15(19)13-8-5-9-14(17)16(13)18/h2-9,11,15,19H,10H2,1H3. The summed E-state index contributed by atoms with van der Waals surface area (Å²) in [6.07, 6.45) is -0.301. The normalized spacial score (nSPS) is 14.1. The largest absolute Gasteiger partial charge is 0.388 e. The van der Waals surface area contributed by atoms with Gasteiger partial charge in [-0.15, -0.1) is 0 Å². The first-order valence-corrected chi connectivity index (χ1v) is 7.06. The predicted octanol–water partition coefficient (Wildman–Crippen LogP) is 4.82. The second-order valence-corrected chi connectivity index (χ2v) is 5.56. The summed E-state index contributed by atoms with van der Waals surface area (Å²) in [5, 5.41) is 10.2. The molecule has 0 aromatic heterocycles. The molecule has 2 atom stereocenters. The van der Waals surface area contributed by atoms with Crippen LogP contribution in [0.4, 0.5) is 4.39 Å². The van der Waals surface area contributed by atoms with E-state index < -0.39 is 6.10 Å². The van der Waals surface area contributed by atoms with Gasteiger partial charge >= 0.3 is 0 Å². The zero-order valence-electron chi connectivity index (χ0n) is 10.7. The third-order valence-electron chi connectivity index (χ3n) is 3.29. The smallest absolute Gasteiger partial charge is 0.143 e. The maximum atomic E-state index is 13.9. The molecule has 100 valence electrons. The first-order chi connectivity index (χ1) is 9.09. The van der Waals surface area contributed by atoms with E-state index in [1.165, 1.54) is 0 Å². The monoisotopic (exact) mass is 322 g/mol. The van der Waals surface area contributed by atoms with E-state index >= 15 is 0 Å². The summed E-state index contributed by atoms with van der Waals surface area (Å²) in [4.78, 5) is 0. The Balaban J connectivity index is 2.13. The Bertz CT molecular complexity index is 542. The lowest BCUT2D eigenvalue weighted by molar-refractivity contribution is 0.155. The Kier molecular flexibility index (Phi) is 4.72. The van der Waals surface area contributed by atoms with Gasteiger partial charge < -0.3 is 5.11 Å². The van der Waals surface area contributed by atoms with Crippen molar-refractivity contribution < 1.29 is 9.50 Å². The number of hydrogen-bond acceptors (Lipinski definition) is 1. The second-order valence-electron chi connectivity index (χ2n) is 4.71. The maximum absolute atomic E-state index is 13.9. The number of benzene rings is 2. The van der Waals surface area contributed by atoms with Crippen molar-refractivity contribution in [3.8, 4) is 0 Å². The molecule has 1 nitrogen and oxygen atoms in total. The molecule has 0 aliphatic heterocycles. The predicted molar refractivity (Wildman–Crippen MR) is 78.5 cm³/mol. The molecule has 2 aromatic rings. The first kappa shape index (κ1) is 14.2. The quantitative estimate of drug-likeness (QED) is 0.856. The third-order valence-corrected chi connectivity index (χ3v) is 3.90. The summed E-state index contributed by atoms with van der Waals surface area (Å²) in [7, 11) is 0. The molecular weight excluding hydrogens is 307 g/mol. The lowest BCUT2D eigenvalue weighted by atomic mass is 9.92. The van der Waals surface area contributed by atoms with E-state index in [4.69, 9.17) is 0 Å². The lowest BCUT2D eigenvalue weighted by Crippen LogP contribution is -2.06.